The van der Waals surface area contributed by atoms with Gasteiger partial charge < -0.3 is 14.8 Å². The van der Waals surface area contributed by atoms with Crippen LogP contribution in [0.4, 0.5) is 0 Å². The summed E-state index contributed by atoms with van der Waals surface area (Å²) in [5, 5.41) is 3.22. The van der Waals surface area contributed by atoms with Crippen LogP contribution in [0.5, 0.6) is 0 Å². The van der Waals surface area contributed by atoms with Gasteiger partial charge in [-0.3, -0.25) is 0 Å². The van der Waals surface area contributed by atoms with E-state index in [4.69, 9.17) is 4.74 Å². The topological polar surface area (TPSA) is 47.6 Å². The Balaban J connectivity index is 2.25. The highest BCUT2D eigenvalue weighted by molar-refractivity contribution is 5.73. The Labute approximate surface area is 78.6 Å². The van der Waals surface area contributed by atoms with E-state index in [9.17, 15) is 4.79 Å². The molecule has 0 unspecified atom stereocenters. The third-order valence-electron chi connectivity index (χ3n) is 2.18. The third kappa shape index (κ3) is 3.32. The Kier molecular flexibility index (Phi) is 4.18. The number of hydrogen-bond donors (Lipinski definition) is 1. The molecule has 1 fully saturated rings. The van der Waals surface area contributed by atoms with Gasteiger partial charge in [-0.2, -0.15) is 0 Å². The average Bonchev–Trinajstić information content (AvgIpc) is 2.18. The number of esters is 1. The predicted octanol–water partition coefficient (Wildman–Crippen LogP) is 0.316. The molecule has 0 bridgehead atoms. The summed E-state index contributed by atoms with van der Waals surface area (Å²) in [6.45, 7) is 3.61. The fraction of sp³-hybridized carbons (Fsp3) is 0.889. The van der Waals surface area contributed by atoms with Gasteiger partial charge in [-0.25, -0.2) is 4.79 Å². The first kappa shape index (κ1) is 10.5. The number of carbonyl (C=O) groups excluding carboxylic acids is 1. The molecule has 1 aliphatic heterocycles. The minimum atomic E-state index is -0.449. The summed E-state index contributed by atoms with van der Waals surface area (Å²) < 4.78 is 10.1. The van der Waals surface area contributed by atoms with Crippen LogP contribution in [-0.4, -0.2) is 38.4 Å². The van der Waals surface area contributed by atoms with Crippen molar-refractivity contribution in [2.45, 2.75) is 32.0 Å². The van der Waals surface area contributed by atoms with Crippen LogP contribution >= 0.6 is 0 Å². The highest BCUT2D eigenvalue weighted by atomic mass is 16.6. The molecule has 1 aliphatic rings. The van der Waals surface area contributed by atoms with E-state index in [0.29, 0.717) is 0 Å². The summed E-state index contributed by atoms with van der Waals surface area (Å²) >= 11 is 0. The van der Waals surface area contributed by atoms with Crippen LogP contribution < -0.4 is 5.32 Å². The molecule has 1 heterocycles. The standard InChI is InChI=1S/C9H17NO3/c1-7(9(11)12-2)13-8-4-3-5-10-6-8/h7-8,10H,3-6H2,1-2H3/t7-,8+/m0/s1. The minimum Gasteiger partial charge on any atom is -0.467 e. The van der Waals surface area contributed by atoms with Crippen LogP contribution in [0.1, 0.15) is 19.8 Å². The van der Waals surface area contributed by atoms with E-state index >= 15 is 0 Å². The molecular weight excluding hydrogens is 170 g/mol. The zero-order valence-electron chi connectivity index (χ0n) is 8.21. The van der Waals surface area contributed by atoms with Crippen LogP contribution in [0.3, 0.4) is 0 Å². The molecule has 13 heavy (non-hydrogen) atoms. The maximum absolute atomic E-state index is 11.0. The average molecular weight is 187 g/mol. The van der Waals surface area contributed by atoms with Crippen LogP contribution in [-0.2, 0) is 14.3 Å². The maximum Gasteiger partial charge on any atom is 0.334 e. The second-order valence-corrected chi connectivity index (χ2v) is 3.27. The van der Waals surface area contributed by atoms with Crippen molar-refractivity contribution in [3.8, 4) is 0 Å². The van der Waals surface area contributed by atoms with Crippen LogP contribution in [0, 0.1) is 0 Å². The maximum atomic E-state index is 11.0. The van der Waals surface area contributed by atoms with Crippen LogP contribution in [0.15, 0.2) is 0 Å². The highest BCUT2D eigenvalue weighted by Gasteiger charge is 2.20. The van der Waals surface area contributed by atoms with Crippen molar-refractivity contribution in [2.75, 3.05) is 20.2 Å². The van der Waals surface area contributed by atoms with Gasteiger partial charge in [0, 0.05) is 6.54 Å². The number of piperidine rings is 1. The van der Waals surface area contributed by atoms with Gasteiger partial charge in [-0.05, 0) is 26.3 Å². The Morgan fingerprint density at radius 3 is 2.92 bits per heavy atom. The van der Waals surface area contributed by atoms with Gasteiger partial charge in [-0.1, -0.05) is 0 Å². The van der Waals surface area contributed by atoms with Gasteiger partial charge in [-0.15, -0.1) is 0 Å². The second-order valence-electron chi connectivity index (χ2n) is 3.27. The van der Waals surface area contributed by atoms with Crippen molar-refractivity contribution < 1.29 is 14.3 Å². The Morgan fingerprint density at radius 1 is 1.62 bits per heavy atom. The zero-order valence-corrected chi connectivity index (χ0v) is 8.21. The van der Waals surface area contributed by atoms with Gasteiger partial charge >= 0.3 is 5.97 Å². The number of carbonyl (C=O) groups is 1. The summed E-state index contributed by atoms with van der Waals surface area (Å²) in [5.41, 5.74) is 0. The molecule has 1 saturated heterocycles. The lowest BCUT2D eigenvalue weighted by molar-refractivity contribution is -0.157. The monoisotopic (exact) mass is 187 g/mol. The molecule has 76 valence electrons. The van der Waals surface area contributed by atoms with Crippen molar-refractivity contribution in [1.82, 2.24) is 5.32 Å². The Hall–Kier alpha value is -0.610. The summed E-state index contributed by atoms with van der Waals surface area (Å²) in [5.74, 6) is -0.300. The largest absolute Gasteiger partial charge is 0.467 e. The smallest absolute Gasteiger partial charge is 0.334 e. The van der Waals surface area contributed by atoms with Crippen molar-refractivity contribution in [3.63, 3.8) is 0 Å². The van der Waals surface area contributed by atoms with Crippen molar-refractivity contribution in [3.05, 3.63) is 0 Å². The van der Waals surface area contributed by atoms with E-state index in [-0.39, 0.29) is 12.1 Å². The number of rotatable bonds is 3. The first-order valence-electron chi connectivity index (χ1n) is 4.68. The molecule has 4 heteroatoms. The Morgan fingerprint density at radius 2 is 2.38 bits per heavy atom. The van der Waals surface area contributed by atoms with Crippen molar-refractivity contribution in [2.24, 2.45) is 0 Å². The molecule has 0 aromatic rings. The van der Waals surface area contributed by atoms with E-state index in [0.717, 1.165) is 25.9 Å². The molecule has 1 N–H and O–H groups in total. The van der Waals surface area contributed by atoms with E-state index < -0.39 is 6.10 Å². The number of nitrogens with one attached hydrogen (secondary N) is 1. The van der Waals surface area contributed by atoms with Crippen LogP contribution in [0.25, 0.3) is 0 Å². The summed E-state index contributed by atoms with van der Waals surface area (Å²) in [6, 6.07) is 0. The molecule has 0 spiro atoms. The molecule has 1 rings (SSSR count). The number of ether oxygens (including phenoxy) is 2. The molecule has 0 saturated carbocycles. The van der Waals surface area contributed by atoms with Gasteiger partial charge in [0.2, 0.25) is 0 Å². The summed E-state index contributed by atoms with van der Waals surface area (Å²) in [7, 11) is 1.38. The molecule has 0 aromatic heterocycles. The van der Waals surface area contributed by atoms with Crippen molar-refractivity contribution in [1.29, 1.82) is 0 Å². The van der Waals surface area contributed by atoms with E-state index in [1.165, 1.54) is 7.11 Å². The summed E-state index contributed by atoms with van der Waals surface area (Å²) in [4.78, 5) is 11.0. The SMILES string of the molecule is COC(=O)[C@H](C)O[C@@H]1CCCNC1. The fourth-order valence-electron chi connectivity index (χ4n) is 1.45. The van der Waals surface area contributed by atoms with Crippen LogP contribution in [0.2, 0.25) is 0 Å². The fourth-order valence-corrected chi connectivity index (χ4v) is 1.45. The third-order valence-corrected chi connectivity index (χ3v) is 2.18. The lowest BCUT2D eigenvalue weighted by Crippen LogP contribution is -2.39. The van der Waals surface area contributed by atoms with E-state index in [1.54, 1.807) is 6.92 Å². The number of methoxy groups -OCH3 is 1. The second kappa shape index (κ2) is 5.19. The van der Waals surface area contributed by atoms with E-state index in [2.05, 4.69) is 10.1 Å². The zero-order chi connectivity index (χ0) is 9.68. The first-order chi connectivity index (χ1) is 6.24. The van der Waals surface area contributed by atoms with Crippen molar-refractivity contribution >= 4 is 5.97 Å². The molecule has 0 radical (unpaired) electrons. The first-order valence-corrected chi connectivity index (χ1v) is 4.68. The summed E-state index contributed by atoms with van der Waals surface area (Å²) in [6.07, 6.45) is 1.84. The normalized spacial score (nSPS) is 25.2. The molecule has 4 nitrogen and oxygen atoms in total. The minimum absolute atomic E-state index is 0.155. The molecule has 0 amide bonds. The quantitative estimate of drug-likeness (QED) is 0.646. The molecule has 0 aromatic carbocycles. The Bertz CT molecular complexity index is 166. The van der Waals surface area contributed by atoms with Gasteiger partial charge in [0.05, 0.1) is 13.2 Å². The number of hydrogen-bond acceptors (Lipinski definition) is 4. The van der Waals surface area contributed by atoms with Gasteiger partial charge in [0.25, 0.3) is 0 Å². The van der Waals surface area contributed by atoms with Gasteiger partial charge in [0.15, 0.2) is 6.10 Å². The van der Waals surface area contributed by atoms with E-state index in [1.807, 2.05) is 0 Å². The molecule has 0 aliphatic carbocycles. The van der Waals surface area contributed by atoms with Gasteiger partial charge in [0.1, 0.15) is 0 Å². The lowest BCUT2D eigenvalue weighted by atomic mass is 10.1. The molecular formula is C9H17NO3. The molecule has 2 atom stereocenters. The lowest BCUT2D eigenvalue weighted by Gasteiger charge is -2.25. The highest BCUT2D eigenvalue weighted by Crippen LogP contribution is 2.09. The predicted molar refractivity (Wildman–Crippen MR) is 48.5 cm³/mol.